The van der Waals surface area contributed by atoms with Crippen molar-refractivity contribution in [2.24, 2.45) is 0 Å². The summed E-state index contributed by atoms with van der Waals surface area (Å²) in [6.07, 6.45) is -4.37. The second kappa shape index (κ2) is 8.45. The summed E-state index contributed by atoms with van der Waals surface area (Å²) in [6.45, 7) is 0. The molecule has 0 radical (unpaired) electrons. The van der Waals surface area contributed by atoms with Crippen molar-refractivity contribution in [3.63, 3.8) is 0 Å². The maximum absolute atomic E-state index is 13.4. The Morgan fingerprint density at radius 2 is 1.24 bits per heavy atom. The first-order valence-electron chi connectivity index (χ1n) is 7.00. The molecule has 0 saturated carbocycles. The molecule has 0 nitrogen and oxygen atoms in total. The van der Waals surface area contributed by atoms with Crippen LogP contribution in [-0.4, -0.2) is 27.6 Å². The van der Waals surface area contributed by atoms with Gasteiger partial charge in [-0.05, 0) is 0 Å². The SMILES string of the molecule is C[I-]c1ccc(-c2ccc([I-]CC(F)(F)C(F)(F)C(F)F)cc2)cc1. The Morgan fingerprint density at radius 3 is 1.64 bits per heavy atom. The molecule has 8 heteroatoms. The molecular weight excluding hydrogens is 572 g/mol. The van der Waals surface area contributed by atoms with Crippen LogP contribution in [0, 0.1) is 7.14 Å². The molecular formula is C17H14F6I2-2. The van der Waals surface area contributed by atoms with Gasteiger partial charge in [-0.3, -0.25) is 0 Å². The van der Waals surface area contributed by atoms with E-state index in [1.807, 2.05) is 24.3 Å². The zero-order valence-electron chi connectivity index (χ0n) is 12.9. The first-order chi connectivity index (χ1) is 11.7. The molecule has 25 heavy (non-hydrogen) atoms. The Kier molecular flexibility index (Phi) is 7.02. The molecule has 0 heterocycles. The van der Waals surface area contributed by atoms with E-state index in [0.717, 1.165) is 11.1 Å². The van der Waals surface area contributed by atoms with E-state index < -0.39 is 43.9 Å². The molecule has 0 amide bonds. The summed E-state index contributed by atoms with van der Waals surface area (Å²) in [4.78, 5) is 2.15. The van der Waals surface area contributed by atoms with E-state index in [1.54, 1.807) is 24.3 Å². The fraction of sp³-hybridized carbons (Fsp3) is 0.294. The molecule has 2 aromatic carbocycles. The number of rotatable bonds is 7. The molecule has 0 atom stereocenters. The van der Waals surface area contributed by atoms with Crippen LogP contribution >= 0.6 is 0 Å². The van der Waals surface area contributed by atoms with E-state index in [4.69, 9.17) is 0 Å². The van der Waals surface area contributed by atoms with Crippen LogP contribution in [0.4, 0.5) is 26.3 Å². The summed E-state index contributed by atoms with van der Waals surface area (Å²) in [6, 6.07) is 14.7. The molecule has 0 aliphatic carbocycles. The summed E-state index contributed by atoms with van der Waals surface area (Å²) in [5, 5.41) is 0. The van der Waals surface area contributed by atoms with Gasteiger partial charge < -0.3 is 0 Å². The molecule has 0 N–H and O–H groups in total. The minimum atomic E-state index is -5.30. The molecule has 0 saturated heterocycles. The van der Waals surface area contributed by atoms with Gasteiger partial charge in [0.05, 0.1) is 0 Å². The van der Waals surface area contributed by atoms with Crippen LogP contribution in [0.3, 0.4) is 0 Å². The third-order valence-electron chi connectivity index (χ3n) is 3.39. The van der Waals surface area contributed by atoms with Gasteiger partial charge in [0.25, 0.3) is 0 Å². The molecule has 2 aromatic rings. The van der Waals surface area contributed by atoms with E-state index in [2.05, 4.69) is 4.93 Å². The van der Waals surface area contributed by atoms with Crippen LogP contribution in [0.2, 0.25) is 0 Å². The molecule has 0 aliphatic heterocycles. The molecule has 2 rings (SSSR count). The quantitative estimate of drug-likeness (QED) is 0.223. The minimum absolute atomic E-state index is 0.00848. The summed E-state index contributed by atoms with van der Waals surface area (Å²) in [5.41, 5.74) is 1.86. The summed E-state index contributed by atoms with van der Waals surface area (Å²) in [5.74, 6) is -10.00. The van der Waals surface area contributed by atoms with Crippen molar-refractivity contribution < 1.29 is 68.8 Å². The summed E-state index contributed by atoms with van der Waals surface area (Å²) >= 11 is -1.50. The standard InChI is InChI=1S/C17H14F6I2/c1-24-13-6-2-11(3-7-13)12-4-8-14(9-5-12)25-10-16(20,21)17(22,23)15(18)19/h2-9,15H,10H2,1H3/q-2. The van der Waals surface area contributed by atoms with E-state index in [1.165, 1.54) is 3.57 Å². The predicted molar refractivity (Wildman–Crippen MR) is 76.0 cm³/mol. The van der Waals surface area contributed by atoms with Crippen molar-refractivity contribution in [3.8, 4) is 11.1 Å². The molecule has 140 valence electrons. The van der Waals surface area contributed by atoms with Gasteiger partial charge in [0, 0.05) is 0 Å². The van der Waals surface area contributed by atoms with Crippen LogP contribution < -0.4 is 42.4 Å². The van der Waals surface area contributed by atoms with Gasteiger partial charge in [0.15, 0.2) is 0 Å². The summed E-state index contributed by atoms with van der Waals surface area (Å²) < 4.78 is 77.3. The van der Waals surface area contributed by atoms with Gasteiger partial charge in [-0.2, -0.15) is 0 Å². The number of hydrogen-bond acceptors (Lipinski definition) is 0. The van der Waals surface area contributed by atoms with Crippen LogP contribution in [-0.2, 0) is 0 Å². The molecule has 0 aliphatic rings. The van der Waals surface area contributed by atoms with Gasteiger partial charge in [-0.1, -0.05) is 0 Å². The normalized spacial score (nSPS) is 13.0. The zero-order valence-corrected chi connectivity index (χ0v) is 17.2. The van der Waals surface area contributed by atoms with Gasteiger partial charge in [-0.15, -0.1) is 0 Å². The average Bonchev–Trinajstić information content (AvgIpc) is 2.60. The van der Waals surface area contributed by atoms with Crippen LogP contribution in [0.5, 0.6) is 0 Å². The van der Waals surface area contributed by atoms with Crippen molar-refractivity contribution in [2.45, 2.75) is 18.3 Å². The Labute approximate surface area is 162 Å². The Bertz CT molecular complexity index is 683. The second-order valence-electron chi connectivity index (χ2n) is 5.10. The van der Waals surface area contributed by atoms with Crippen molar-refractivity contribution >= 4 is 0 Å². The Morgan fingerprint density at radius 1 is 0.800 bits per heavy atom. The van der Waals surface area contributed by atoms with Gasteiger partial charge in [0.1, 0.15) is 0 Å². The first kappa shape index (κ1) is 20.8. The molecule has 0 unspecified atom stereocenters. The first-order valence-corrected chi connectivity index (χ1v) is 12.8. The average molecular weight is 586 g/mol. The van der Waals surface area contributed by atoms with Gasteiger partial charge >= 0.3 is 163 Å². The van der Waals surface area contributed by atoms with Crippen molar-refractivity contribution in [2.75, 3.05) is 9.36 Å². The van der Waals surface area contributed by atoms with Crippen molar-refractivity contribution in [1.29, 1.82) is 0 Å². The monoisotopic (exact) mass is 586 g/mol. The van der Waals surface area contributed by atoms with Gasteiger partial charge in [-0.25, -0.2) is 0 Å². The maximum atomic E-state index is 13.4. The van der Waals surface area contributed by atoms with E-state index in [9.17, 15) is 26.3 Å². The summed E-state index contributed by atoms with van der Waals surface area (Å²) in [7, 11) is 0. The van der Waals surface area contributed by atoms with E-state index in [0.29, 0.717) is 3.57 Å². The third kappa shape index (κ3) is 5.01. The molecule has 0 fully saturated rings. The fourth-order valence-corrected chi connectivity index (χ4v) is 5.28. The molecule has 0 bridgehead atoms. The number of alkyl halides is 8. The third-order valence-corrected chi connectivity index (χ3v) is 8.29. The van der Waals surface area contributed by atoms with Crippen molar-refractivity contribution in [1.82, 2.24) is 0 Å². The number of halogens is 8. The predicted octanol–water partition coefficient (Wildman–Crippen LogP) is -0.964. The molecule has 0 aromatic heterocycles. The van der Waals surface area contributed by atoms with Crippen LogP contribution in [0.1, 0.15) is 0 Å². The Balaban J connectivity index is 2.05. The number of benzene rings is 2. The van der Waals surface area contributed by atoms with E-state index in [-0.39, 0.29) is 21.2 Å². The van der Waals surface area contributed by atoms with Crippen molar-refractivity contribution in [3.05, 3.63) is 55.7 Å². The molecule has 0 spiro atoms. The fourth-order valence-electron chi connectivity index (χ4n) is 1.91. The zero-order chi connectivity index (χ0) is 18.7. The van der Waals surface area contributed by atoms with Gasteiger partial charge in [0.2, 0.25) is 0 Å². The second-order valence-corrected chi connectivity index (χ2v) is 10.2. The van der Waals surface area contributed by atoms with E-state index >= 15 is 0 Å². The Hall–Kier alpha value is -0.520. The van der Waals surface area contributed by atoms with Crippen LogP contribution in [0.25, 0.3) is 11.1 Å². The van der Waals surface area contributed by atoms with Crippen LogP contribution in [0.15, 0.2) is 48.5 Å². The topological polar surface area (TPSA) is 0 Å². The number of hydrogen-bond donors (Lipinski definition) is 0.